The van der Waals surface area contributed by atoms with Crippen LogP contribution in [0, 0.1) is 0 Å². The van der Waals surface area contributed by atoms with E-state index in [0.717, 1.165) is 79.4 Å². The lowest BCUT2D eigenvalue weighted by Gasteiger charge is -2.27. The molecule has 1 aliphatic rings. The van der Waals surface area contributed by atoms with Gasteiger partial charge in [0.05, 0.1) is 28.1 Å². The van der Waals surface area contributed by atoms with Crippen LogP contribution in [0.5, 0.6) is 0 Å². The number of benzene rings is 7. The van der Waals surface area contributed by atoms with E-state index in [1.54, 1.807) is 0 Å². The first-order valence-electron chi connectivity index (χ1n) is 19.4. The van der Waals surface area contributed by atoms with Crippen molar-refractivity contribution in [3.63, 3.8) is 0 Å². The lowest BCUT2D eigenvalue weighted by atomic mass is 9.96. The second kappa shape index (κ2) is 14.6. The van der Waals surface area contributed by atoms with Gasteiger partial charge in [-0.2, -0.15) is 0 Å². The molecule has 9 aromatic rings. The molecule has 0 bridgehead atoms. The van der Waals surface area contributed by atoms with Crippen molar-refractivity contribution < 1.29 is 0 Å². The quantitative estimate of drug-likeness (QED) is 0.170. The summed E-state index contributed by atoms with van der Waals surface area (Å²) in [5.41, 5.74) is 16.5. The minimum absolute atomic E-state index is 0.743. The second-order valence-electron chi connectivity index (χ2n) is 14.5. The van der Waals surface area contributed by atoms with Crippen LogP contribution in [-0.4, -0.2) is 16.1 Å². The number of hydrogen-bond acceptors (Lipinski definition) is 2. The van der Waals surface area contributed by atoms with Crippen molar-refractivity contribution in [1.29, 1.82) is 0 Å². The molecule has 0 N–H and O–H groups in total. The van der Waals surface area contributed by atoms with Gasteiger partial charge in [0.1, 0.15) is 0 Å². The lowest BCUT2D eigenvalue weighted by Crippen LogP contribution is -2.18. The van der Waals surface area contributed by atoms with Crippen molar-refractivity contribution in [2.75, 3.05) is 11.4 Å². The van der Waals surface area contributed by atoms with Gasteiger partial charge < -0.3 is 9.47 Å². The fraction of sp³-hybridized carbons (Fsp3) is 0.0185. The Kier molecular flexibility index (Phi) is 8.74. The molecule has 3 nitrogen and oxygen atoms in total. The summed E-state index contributed by atoms with van der Waals surface area (Å²) >= 11 is 0. The third-order valence-electron chi connectivity index (χ3n) is 11.0. The second-order valence-corrected chi connectivity index (χ2v) is 14.5. The normalized spacial score (nSPS) is 13.8. The number of rotatable bonds is 6. The van der Waals surface area contributed by atoms with Crippen LogP contribution >= 0.6 is 0 Å². The molecule has 270 valence electrons. The van der Waals surface area contributed by atoms with Gasteiger partial charge in [-0.1, -0.05) is 164 Å². The Morgan fingerprint density at radius 2 is 1.00 bits per heavy atom. The zero-order chi connectivity index (χ0) is 38.1. The van der Waals surface area contributed by atoms with Crippen molar-refractivity contribution in [2.24, 2.45) is 0 Å². The highest BCUT2D eigenvalue weighted by Crippen LogP contribution is 2.40. The molecule has 10 rings (SSSR count). The fourth-order valence-corrected chi connectivity index (χ4v) is 8.11. The number of fused-ring (bicyclic) bond motifs is 4. The van der Waals surface area contributed by atoms with Crippen LogP contribution in [0.4, 0.5) is 11.4 Å². The molecule has 0 saturated carbocycles. The molecule has 0 unspecified atom stereocenters. The van der Waals surface area contributed by atoms with Gasteiger partial charge in [-0.05, 0) is 82.4 Å². The molecule has 0 fully saturated rings. The fourth-order valence-electron chi connectivity index (χ4n) is 8.11. The van der Waals surface area contributed by atoms with E-state index >= 15 is 0 Å². The summed E-state index contributed by atoms with van der Waals surface area (Å²) in [6.07, 6.45) is 8.52. The van der Waals surface area contributed by atoms with E-state index in [4.69, 9.17) is 4.98 Å². The van der Waals surface area contributed by atoms with Crippen molar-refractivity contribution in [3.8, 4) is 50.5 Å². The number of aromatic nitrogens is 2. The van der Waals surface area contributed by atoms with E-state index < -0.39 is 0 Å². The number of anilines is 2. The molecule has 57 heavy (non-hydrogen) atoms. The predicted molar refractivity (Wildman–Crippen MR) is 241 cm³/mol. The van der Waals surface area contributed by atoms with Crippen LogP contribution in [0.1, 0.15) is 5.56 Å². The number of hydrogen-bond donors (Lipinski definition) is 0. The molecule has 7 aromatic carbocycles. The molecular weight excluding hydrogens is 691 g/mol. The Bertz CT molecular complexity index is 2920. The van der Waals surface area contributed by atoms with E-state index in [1.807, 2.05) is 12.1 Å². The Balaban J connectivity index is 1.09. The molecule has 2 aromatic heterocycles. The van der Waals surface area contributed by atoms with Crippen LogP contribution in [0.25, 0.3) is 77.8 Å². The molecule has 0 spiro atoms. The summed E-state index contributed by atoms with van der Waals surface area (Å²) in [6.45, 7) is 5.29. The first-order valence-corrected chi connectivity index (χ1v) is 19.4. The molecule has 1 aliphatic heterocycles. The van der Waals surface area contributed by atoms with Gasteiger partial charge in [0.2, 0.25) is 0 Å². The van der Waals surface area contributed by atoms with E-state index in [2.05, 4.69) is 216 Å². The molecule has 0 atom stereocenters. The number of nitrogens with zero attached hydrogens (tertiary/aromatic N) is 3. The zero-order valence-corrected chi connectivity index (χ0v) is 31.5. The SMILES string of the molecule is C=C1/C=C\C=C/CN(c2ccc(-c3ccccc3)cc2)c2ccc(-c3ccc4c(c3)c3ccccc3n4-c3cc(-c4ccccc4)nc(-c4ccccc4)c3)cc21. The molecule has 3 heteroatoms. The average molecular weight is 730 g/mol. The Hall–Kier alpha value is -7.49. The first-order chi connectivity index (χ1) is 28.2. The maximum atomic E-state index is 5.17. The smallest absolute Gasteiger partial charge is 0.0730 e. The van der Waals surface area contributed by atoms with Crippen LogP contribution in [0.3, 0.4) is 0 Å². The third-order valence-corrected chi connectivity index (χ3v) is 11.0. The number of para-hydroxylation sites is 1. The maximum Gasteiger partial charge on any atom is 0.0730 e. The van der Waals surface area contributed by atoms with Crippen molar-refractivity contribution in [1.82, 2.24) is 9.55 Å². The average Bonchev–Trinajstić information content (AvgIpc) is 3.65. The number of allylic oxidation sites excluding steroid dienone is 4. The van der Waals surface area contributed by atoms with Gasteiger partial charge in [-0.3, -0.25) is 0 Å². The predicted octanol–water partition coefficient (Wildman–Crippen LogP) is 14.1. The van der Waals surface area contributed by atoms with E-state index in [-0.39, 0.29) is 0 Å². The Labute approximate surface area is 333 Å². The molecule has 0 radical (unpaired) electrons. The van der Waals surface area contributed by atoms with Gasteiger partial charge in [0, 0.05) is 45.4 Å². The highest BCUT2D eigenvalue weighted by Gasteiger charge is 2.19. The summed E-state index contributed by atoms with van der Waals surface area (Å²) in [7, 11) is 0. The lowest BCUT2D eigenvalue weighted by molar-refractivity contribution is 1.09. The summed E-state index contributed by atoms with van der Waals surface area (Å²) in [5.74, 6) is 0. The number of pyridine rings is 1. The van der Waals surface area contributed by atoms with E-state index in [1.165, 1.54) is 21.9 Å². The first kappa shape index (κ1) is 34.0. The van der Waals surface area contributed by atoms with Crippen molar-refractivity contribution >= 4 is 38.8 Å². The standard InChI is InChI=1S/C54H39N3/c1-38-16-6-5-15-33-56(45-29-25-40(26-30-45)39-17-7-2-8-18-39)52-31-27-43(34-48(38)52)44-28-32-54-49(35-44)47-23-13-14-24-53(47)57(54)46-36-50(41-19-9-3-10-20-41)55-51(37-46)42-21-11-4-12-22-42/h2-32,34-37H,1,33H2/b15-5-,16-6-. The third kappa shape index (κ3) is 6.45. The molecule has 3 heterocycles. The summed E-state index contributed by atoms with van der Waals surface area (Å²) in [6, 6.07) is 67.2. The monoisotopic (exact) mass is 729 g/mol. The zero-order valence-electron chi connectivity index (χ0n) is 31.5. The molecule has 0 saturated heterocycles. The van der Waals surface area contributed by atoms with Gasteiger partial charge in [-0.25, -0.2) is 4.98 Å². The van der Waals surface area contributed by atoms with Crippen LogP contribution in [-0.2, 0) is 0 Å². The molecule has 0 aliphatic carbocycles. The highest BCUT2D eigenvalue weighted by molar-refractivity contribution is 6.10. The topological polar surface area (TPSA) is 21.1 Å². The largest absolute Gasteiger partial charge is 0.337 e. The van der Waals surface area contributed by atoms with Crippen LogP contribution in [0.15, 0.2) is 219 Å². The van der Waals surface area contributed by atoms with Gasteiger partial charge in [-0.15, -0.1) is 0 Å². The molecular formula is C54H39N3. The van der Waals surface area contributed by atoms with E-state index in [9.17, 15) is 0 Å². The van der Waals surface area contributed by atoms with Crippen molar-refractivity contribution in [2.45, 2.75) is 0 Å². The van der Waals surface area contributed by atoms with Crippen LogP contribution in [0.2, 0.25) is 0 Å². The van der Waals surface area contributed by atoms with Gasteiger partial charge >= 0.3 is 0 Å². The summed E-state index contributed by atoms with van der Waals surface area (Å²) in [4.78, 5) is 7.54. The summed E-state index contributed by atoms with van der Waals surface area (Å²) in [5, 5.41) is 2.41. The highest BCUT2D eigenvalue weighted by atomic mass is 15.1. The van der Waals surface area contributed by atoms with Crippen LogP contribution < -0.4 is 4.90 Å². The maximum absolute atomic E-state index is 5.17. The minimum atomic E-state index is 0.743. The van der Waals surface area contributed by atoms with E-state index in [0.29, 0.717) is 0 Å². The molecule has 0 amide bonds. The minimum Gasteiger partial charge on any atom is -0.337 e. The Morgan fingerprint density at radius 1 is 0.439 bits per heavy atom. The Morgan fingerprint density at radius 3 is 1.70 bits per heavy atom. The summed E-state index contributed by atoms with van der Waals surface area (Å²) < 4.78 is 2.39. The van der Waals surface area contributed by atoms with Gasteiger partial charge in [0.25, 0.3) is 0 Å². The van der Waals surface area contributed by atoms with Crippen molar-refractivity contribution in [3.05, 3.63) is 225 Å². The van der Waals surface area contributed by atoms with Gasteiger partial charge in [0.15, 0.2) is 0 Å².